The van der Waals surface area contributed by atoms with E-state index in [0.717, 1.165) is 4.90 Å². The molecule has 0 spiro atoms. The number of carbonyl (C=O) groups excluding carboxylic acids is 4. The number of anilines is 2. The molecule has 0 radical (unpaired) electrons. The number of carbonyl (C=O) groups is 4. The Morgan fingerprint density at radius 2 is 1.48 bits per heavy atom. The second kappa shape index (κ2) is 9.25. The van der Waals surface area contributed by atoms with E-state index in [1.54, 1.807) is 24.0 Å². The number of imide groups is 1. The Kier molecular flexibility index (Phi) is 6.51. The molecule has 0 N–H and O–H groups in total. The molecule has 7 nitrogen and oxygen atoms in total. The first-order valence-electron chi connectivity index (χ1n) is 12.1. The molecule has 2 aliphatic carbocycles. The van der Waals surface area contributed by atoms with Crippen LogP contribution in [0.2, 0.25) is 0 Å². The summed E-state index contributed by atoms with van der Waals surface area (Å²) in [5, 5.41) is -0.342. The van der Waals surface area contributed by atoms with E-state index >= 15 is 0 Å². The Morgan fingerprint density at radius 3 is 2.02 bits per heavy atom. The zero-order chi connectivity index (χ0) is 28.9. The second-order valence-electron chi connectivity index (χ2n) is 10.2. The molecule has 0 unspecified atom stereocenters. The normalized spacial score (nSPS) is 32.4. The molecule has 3 amide bonds. The highest BCUT2D eigenvalue weighted by Crippen LogP contribution is 2.77. The Morgan fingerprint density at radius 1 is 0.900 bits per heavy atom. The van der Waals surface area contributed by atoms with Gasteiger partial charge in [0.15, 0.2) is 4.33 Å². The summed E-state index contributed by atoms with van der Waals surface area (Å²) < 4.78 is 3.55. The van der Waals surface area contributed by atoms with Crippen LogP contribution in [0.4, 0.5) is 11.4 Å². The monoisotopic (exact) mass is 660 g/mol. The van der Waals surface area contributed by atoms with E-state index in [1.807, 2.05) is 18.2 Å². The number of hydrogen-bond acceptors (Lipinski definition) is 5. The van der Waals surface area contributed by atoms with E-state index in [0.29, 0.717) is 11.3 Å². The van der Waals surface area contributed by atoms with Crippen molar-refractivity contribution in [2.75, 3.05) is 16.3 Å². The Bertz CT molecular complexity index is 1500. The number of aryl methyl sites for hydroxylation is 1. The molecule has 2 heterocycles. The van der Waals surface area contributed by atoms with Crippen LogP contribution in [0.25, 0.3) is 0 Å². The number of amides is 3. The van der Waals surface area contributed by atoms with Gasteiger partial charge in [0.2, 0.25) is 17.7 Å². The van der Waals surface area contributed by atoms with E-state index < -0.39 is 49.6 Å². The molecule has 13 heteroatoms. The van der Waals surface area contributed by atoms with E-state index in [1.165, 1.54) is 18.2 Å². The number of esters is 1. The van der Waals surface area contributed by atoms with Crippen molar-refractivity contribution in [2.24, 2.45) is 17.8 Å². The molecule has 6 rings (SSSR count). The van der Waals surface area contributed by atoms with Crippen LogP contribution in [0.1, 0.15) is 12.0 Å². The quantitative estimate of drug-likeness (QED) is 0.176. The third-order valence-corrected chi connectivity index (χ3v) is 12.3. The topological polar surface area (TPSA) is 84.0 Å². The van der Waals surface area contributed by atoms with Crippen LogP contribution in [0, 0.1) is 24.7 Å². The van der Waals surface area contributed by atoms with Crippen molar-refractivity contribution in [2.45, 2.75) is 27.4 Å². The lowest BCUT2D eigenvalue weighted by atomic mass is 9.84. The average Bonchev–Trinajstić information content (AvgIpc) is 3.50. The van der Waals surface area contributed by atoms with Gasteiger partial charge in [0.05, 0.1) is 33.5 Å². The molecular weight excluding hydrogens is 645 g/mol. The van der Waals surface area contributed by atoms with E-state index in [9.17, 15) is 19.2 Å². The minimum absolute atomic E-state index is 0.0203. The smallest absolute Gasteiger partial charge is 0.316 e. The molecule has 5 atom stereocenters. The van der Waals surface area contributed by atoms with Crippen LogP contribution in [0.5, 0.6) is 5.75 Å². The molecule has 3 fully saturated rings. The van der Waals surface area contributed by atoms with Crippen LogP contribution in [-0.4, -0.2) is 44.3 Å². The van der Waals surface area contributed by atoms with Gasteiger partial charge >= 0.3 is 5.97 Å². The van der Waals surface area contributed by atoms with Crippen LogP contribution in [0.3, 0.4) is 0 Å². The Hall–Kier alpha value is -2.00. The second-order valence-corrected chi connectivity index (χ2v) is 13.5. The number of ether oxygens (including phenoxy) is 1. The first-order valence-corrected chi connectivity index (χ1v) is 14.4. The van der Waals surface area contributed by atoms with Crippen molar-refractivity contribution in [3.63, 3.8) is 0 Å². The van der Waals surface area contributed by atoms with Gasteiger partial charge in [-0.25, -0.2) is 4.90 Å². The minimum Gasteiger partial charge on any atom is -0.426 e. The largest absolute Gasteiger partial charge is 0.426 e. The number of rotatable bonds is 4. The predicted molar refractivity (Wildman–Crippen MR) is 154 cm³/mol. The van der Waals surface area contributed by atoms with Gasteiger partial charge < -0.3 is 9.64 Å². The highest BCUT2D eigenvalue weighted by Gasteiger charge is 2.87. The summed E-state index contributed by atoms with van der Waals surface area (Å²) in [6.45, 7) is 1.84. The Labute approximate surface area is 258 Å². The molecule has 2 aromatic carbocycles. The molecule has 4 aliphatic rings. The van der Waals surface area contributed by atoms with Crippen molar-refractivity contribution in [1.82, 2.24) is 0 Å². The van der Waals surface area contributed by atoms with Gasteiger partial charge in [0.1, 0.15) is 15.5 Å². The summed E-state index contributed by atoms with van der Waals surface area (Å²) in [4.78, 5) is 51.4. The number of fused-ring (bicyclic) bond motifs is 5. The average molecular weight is 663 g/mol. The van der Waals surface area contributed by atoms with Gasteiger partial charge in [0, 0.05) is 18.7 Å². The summed E-state index contributed by atoms with van der Waals surface area (Å²) >= 11 is 39.3. The molecule has 40 heavy (non-hydrogen) atoms. The molecular formula is C27H18Cl6N2O5. The van der Waals surface area contributed by atoms with Crippen molar-refractivity contribution in [3.05, 3.63) is 64.2 Å². The standard InChI is InChI=1S/C27H18Cl6N2O5/c1-12-9-15(40-24(39)13-10-17(36)34(11-13)14-5-3-2-4-6-14)7-8-16(12)35-22(37)18-19(23(35)38)26(31)21(29)20(28)25(18,30)27(26,32)33/h2-9,13,18-19H,10-11H2,1H3/t13-,18+,19+,25-,26-/m1/s1. The van der Waals surface area contributed by atoms with Crippen LogP contribution < -0.4 is 14.5 Å². The Balaban J connectivity index is 1.23. The van der Waals surface area contributed by atoms with E-state index in [4.69, 9.17) is 74.3 Å². The maximum Gasteiger partial charge on any atom is 0.316 e. The number of benzene rings is 2. The fourth-order valence-electron chi connectivity index (χ4n) is 6.10. The van der Waals surface area contributed by atoms with Gasteiger partial charge in [-0.15, -0.1) is 23.2 Å². The van der Waals surface area contributed by atoms with Crippen molar-refractivity contribution in [3.8, 4) is 5.75 Å². The lowest BCUT2D eigenvalue weighted by Gasteiger charge is -2.34. The highest BCUT2D eigenvalue weighted by atomic mass is 35.5. The minimum atomic E-state index is -2.02. The van der Waals surface area contributed by atoms with Crippen molar-refractivity contribution < 1.29 is 23.9 Å². The SMILES string of the molecule is Cc1cc(OC(=O)[C@@H]2CC(=O)N(c3ccccc3)C2)ccc1N1C(=O)[C@@H]2[C@@H](C1=O)[C@@]1(Cl)C(Cl)=C(Cl)[C@@]2(Cl)C1(Cl)Cl. The first kappa shape index (κ1) is 28.1. The highest BCUT2D eigenvalue weighted by molar-refractivity contribution is 6.67. The maximum atomic E-state index is 13.6. The molecule has 1 saturated carbocycles. The summed E-state index contributed by atoms with van der Waals surface area (Å²) in [7, 11) is 0. The molecule has 208 valence electrons. The van der Waals surface area contributed by atoms with E-state index in [-0.39, 0.29) is 40.4 Å². The fourth-order valence-corrected chi connectivity index (χ4v) is 9.03. The number of hydrogen-bond donors (Lipinski definition) is 0. The fraction of sp³-hybridized carbons (Fsp3) is 0.333. The predicted octanol–water partition coefficient (Wildman–Crippen LogP) is 5.90. The number of para-hydroxylation sites is 1. The van der Waals surface area contributed by atoms with Gasteiger partial charge in [0.25, 0.3) is 0 Å². The summed E-state index contributed by atoms with van der Waals surface area (Å²) in [5.74, 6) is -5.08. The summed E-state index contributed by atoms with van der Waals surface area (Å²) in [6, 6.07) is 13.5. The number of alkyl halides is 4. The van der Waals surface area contributed by atoms with Crippen molar-refractivity contribution in [1.29, 1.82) is 0 Å². The van der Waals surface area contributed by atoms with Gasteiger partial charge in [-0.2, -0.15) is 0 Å². The summed E-state index contributed by atoms with van der Waals surface area (Å²) in [5.41, 5.74) is 1.39. The lowest BCUT2D eigenvalue weighted by Crippen LogP contribution is -2.50. The van der Waals surface area contributed by atoms with E-state index in [2.05, 4.69) is 0 Å². The zero-order valence-electron chi connectivity index (χ0n) is 20.5. The van der Waals surface area contributed by atoms with Gasteiger partial charge in [-0.1, -0.05) is 64.6 Å². The van der Waals surface area contributed by atoms with Gasteiger partial charge in [-0.05, 0) is 42.8 Å². The number of halogens is 6. The molecule has 2 bridgehead atoms. The first-order chi connectivity index (χ1) is 18.8. The third kappa shape index (κ3) is 3.45. The van der Waals surface area contributed by atoms with Crippen molar-refractivity contribution >= 4 is 105 Å². The van der Waals surface area contributed by atoms with Crippen LogP contribution in [0.15, 0.2) is 58.6 Å². The summed E-state index contributed by atoms with van der Waals surface area (Å²) in [6.07, 6.45) is 0.0203. The lowest BCUT2D eigenvalue weighted by molar-refractivity contribution is -0.139. The number of allylic oxidation sites excluding steroid dienone is 2. The van der Waals surface area contributed by atoms with Crippen LogP contribution in [-0.2, 0) is 19.2 Å². The molecule has 2 saturated heterocycles. The molecule has 2 aromatic rings. The maximum absolute atomic E-state index is 13.6. The van der Waals surface area contributed by atoms with Gasteiger partial charge in [-0.3, -0.25) is 19.2 Å². The zero-order valence-corrected chi connectivity index (χ0v) is 25.0. The molecule has 2 aliphatic heterocycles. The third-order valence-electron chi connectivity index (χ3n) is 8.06. The number of nitrogens with zero attached hydrogens (tertiary/aromatic N) is 2. The van der Waals surface area contributed by atoms with Crippen LogP contribution >= 0.6 is 69.6 Å². The molecule has 0 aromatic heterocycles.